The van der Waals surface area contributed by atoms with Crippen LogP contribution in [0.4, 0.5) is 0 Å². The molecular formula is C27H41NO5S. The van der Waals surface area contributed by atoms with Gasteiger partial charge in [-0.05, 0) is 57.6 Å². The Morgan fingerprint density at radius 3 is 2.53 bits per heavy atom. The summed E-state index contributed by atoms with van der Waals surface area (Å²) in [7, 11) is 0. The number of esters is 1. The van der Waals surface area contributed by atoms with Crippen LogP contribution >= 0.6 is 11.3 Å². The minimum atomic E-state index is -1.21. The summed E-state index contributed by atoms with van der Waals surface area (Å²) in [6.07, 6.45) is 4.33. The van der Waals surface area contributed by atoms with Crippen LogP contribution in [0.2, 0.25) is 0 Å². The Balaban J connectivity index is 2.33. The number of allylic oxidation sites excluding steroid dienone is 1. The molecule has 2 N–H and O–H groups in total. The first kappa shape index (κ1) is 28.4. The second-order valence-electron chi connectivity index (χ2n) is 10.4. The fraction of sp³-hybridized carbons (Fsp3) is 0.667. The Bertz CT molecular complexity index is 916. The highest BCUT2D eigenvalue weighted by molar-refractivity contribution is 7.09. The fourth-order valence-corrected chi connectivity index (χ4v) is 4.97. The highest BCUT2D eigenvalue weighted by Gasteiger charge is 2.42. The molecule has 2 heterocycles. The second kappa shape index (κ2) is 12.2. The van der Waals surface area contributed by atoms with Crippen LogP contribution in [0, 0.1) is 24.2 Å². The molecule has 1 unspecified atom stereocenters. The number of aromatic nitrogens is 1. The van der Waals surface area contributed by atoms with Gasteiger partial charge in [0.1, 0.15) is 11.9 Å². The highest BCUT2D eigenvalue weighted by atomic mass is 32.1. The van der Waals surface area contributed by atoms with E-state index in [0.29, 0.717) is 6.42 Å². The van der Waals surface area contributed by atoms with E-state index in [2.05, 4.69) is 18.0 Å². The molecule has 0 amide bonds. The molecule has 1 aliphatic heterocycles. The molecule has 0 saturated heterocycles. The lowest BCUT2D eigenvalue weighted by Gasteiger charge is -2.34. The molecular weight excluding hydrogens is 450 g/mol. The van der Waals surface area contributed by atoms with E-state index in [1.807, 2.05) is 32.2 Å². The molecule has 0 saturated carbocycles. The summed E-state index contributed by atoms with van der Waals surface area (Å²) in [5.41, 5.74) is 1.71. The molecule has 1 aromatic heterocycles. The van der Waals surface area contributed by atoms with E-state index < -0.39 is 35.6 Å². The molecule has 0 bridgehead atoms. The molecule has 0 aliphatic carbocycles. The van der Waals surface area contributed by atoms with E-state index in [4.69, 9.17) is 4.74 Å². The van der Waals surface area contributed by atoms with Gasteiger partial charge in [0.05, 0.1) is 34.7 Å². The molecule has 0 aromatic carbocycles. The van der Waals surface area contributed by atoms with E-state index in [1.165, 1.54) is 5.57 Å². The van der Waals surface area contributed by atoms with Gasteiger partial charge in [0.25, 0.3) is 0 Å². The zero-order chi connectivity index (χ0) is 25.6. The van der Waals surface area contributed by atoms with Crippen molar-refractivity contribution in [3.63, 3.8) is 0 Å². The number of ketones is 1. The average Bonchev–Trinajstić information content (AvgIpc) is 3.18. The first-order valence-electron chi connectivity index (χ1n) is 12.2. The smallest absolute Gasteiger partial charge is 0.309 e. The Hall–Kier alpha value is -1.83. The molecule has 1 aromatic rings. The van der Waals surface area contributed by atoms with E-state index in [-0.39, 0.29) is 18.1 Å². The summed E-state index contributed by atoms with van der Waals surface area (Å²) >= 11 is 1.56. The molecule has 34 heavy (non-hydrogen) atoms. The van der Waals surface area contributed by atoms with Crippen molar-refractivity contribution < 1.29 is 24.5 Å². The van der Waals surface area contributed by atoms with Gasteiger partial charge in [-0.3, -0.25) is 9.59 Å². The third-order valence-electron chi connectivity index (χ3n) is 7.04. The number of hydrogen-bond donors (Lipinski definition) is 2. The van der Waals surface area contributed by atoms with Gasteiger partial charge in [-0.2, -0.15) is 0 Å². The van der Waals surface area contributed by atoms with E-state index in [9.17, 15) is 19.8 Å². The van der Waals surface area contributed by atoms with Crippen molar-refractivity contribution in [3.05, 3.63) is 33.3 Å². The zero-order valence-corrected chi connectivity index (χ0v) is 22.4. The predicted molar refractivity (Wildman–Crippen MR) is 136 cm³/mol. The maximum absolute atomic E-state index is 13.2. The minimum absolute atomic E-state index is 0.0444. The van der Waals surface area contributed by atoms with Gasteiger partial charge in [-0.1, -0.05) is 39.3 Å². The number of cyclic esters (lactones) is 1. The maximum atomic E-state index is 13.2. The van der Waals surface area contributed by atoms with Crippen LogP contribution < -0.4 is 0 Å². The van der Waals surface area contributed by atoms with E-state index in [0.717, 1.165) is 35.5 Å². The average molecular weight is 492 g/mol. The lowest BCUT2D eigenvalue weighted by Crippen LogP contribution is -2.45. The molecule has 1 aliphatic rings. The lowest BCUT2D eigenvalue weighted by atomic mass is 9.73. The van der Waals surface area contributed by atoms with Crippen molar-refractivity contribution in [2.24, 2.45) is 17.3 Å². The summed E-state index contributed by atoms with van der Waals surface area (Å²) in [6.45, 7) is 12.8. The number of thiazole rings is 1. The number of aliphatic hydroxyl groups is 2. The van der Waals surface area contributed by atoms with Gasteiger partial charge in [0.15, 0.2) is 0 Å². The maximum Gasteiger partial charge on any atom is 0.309 e. The molecule has 0 radical (unpaired) electrons. The number of rotatable bonds is 2. The van der Waals surface area contributed by atoms with Crippen molar-refractivity contribution in [3.8, 4) is 0 Å². The number of nitrogens with zero attached hydrogens (tertiary/aromatic N) is 1. The van der Waals surface area contributed by atoms with Crippen molar-refractivity contribution in [1.29, 1.82) is 0 Å². The summed E-state index contributed by atoms with van der Waals surface area (Å²) in [5.74, 6) is -1.49. The predicted octanol–water partition coefficient (Wildman–Crippen LogP) is 5.27. The minimum Gasteiger partial charge on any atom is -0.457 e. The van der Waals surface area contributed by atoms with Gasteiger partial charge in [-0.15, -0.1) is 11.3 Å². The third kappa shape index (κ3) is 7.59. The Morgan fingerprint density at radius 2 is 1.91 bits per heavy atom. The SMILES string of the molecule is CC1=CC[C@@H](C(C)=Cc2csc(C)n2)OC(=O)C[C@H](O)C(C)(C)C(=O)[C@H](C)C(O)[C@H](C)CCC1. The number of carbonyl (C=O) groups is 2. The molecule has 6 nitrogen and oxygen atoms in total. The molecule has 0 fully saturated rings. The summed E-state index contributed by atoms with van der Waals surface area (Å²) < 4.78 is 5.81. The van der Waals surface area contributed by atoms with Crippen molar-refractivity contribution in [1.82, 2.24) is 4.98 Å². The number of aliphatic hydroxyl groups excluding tert-OH is 2. The van der Waals surface area contributed by atoms with Crippen molar-refractivity contribution in [2.75, 3.05) is 0 Å². The summed E-state index contributed by atoms with van der Waals surface area (Å²) in [5, 5.41) is 24.5. The Morgan fingerprint density at radius 1 is 1.24 bits per heavy atom. The summed E-state index contributed by atoms with van der Waals surface area (Å²) in [6, 6.07) is 0. The van der Waals surface area contributed by atoms with Gasteiger partial charge < -0.3 is 14.9 Å². The molecule has 2 rings (SSSR count). The number of ether oxygens (including phenoxy) is 1. The highest BCUT2D eigenvalue weighted by Crippen LogP contribution is 2.32. The third-order valence-corrected chi connectivity index (χ3v) is 7.83. The van der Waals surface area contributed by atoms with Crippen LogP contribution in [-0.2, 0) is 14.3 Å². The fourth-order valence-electron chi connectivity index (χ4n) is 4.40. The number of hydrogen-bond acceptors (Lipinski definition) is 7. The Kier molecular flexibility index (Phi) is 10.2. The Labute approximate surface area is 208 Å². The normalized spacial score (nSPS) is 30.6. The summed E-state index contributed by atoms with van der Waals surface area (Å²) in [4.78, 5) is 30.5. The topological polar surface area (TPSA) is 96.7 Å². The standard InChI is InChI=1S/C27H41NO5S/c1-16-9-8-10-17(2)25(31)19(4)26(32)27(6,7)23(29)14-24(30)33-22(12-11-16)18(3)13-21-15-34-20(5)28-21/h11,13,15,17,19,22-23,25,29,31H,8-10,12,14H2,1-7H3/t17-,19-,22+,23+,25?/m1/s1. The van der Waals surface area contributed by atoms with Crippen LogP contribution in [0.15, 0.2) is 22.6 Å². The van der Waals surface area contributed by atoms with Crippen LogP contribution in [0.25, 0.3) is 6.08 Å². The largest absolute Gasteiger partial charge is 0.457 e. The number of carbonyl (C=O) groups excluding carboxylic acids is 2. The second-order valence-corrected chi connectivity index (χ2v) is 11.5. The molecule has 7 heteroatoms. The van der Waals surface area contributed by atoms with Gasteiger partial charge in [0, 0.05) is 17.7 Å². The van der Waals surface area contributed by atoms with Crippen molar-refractivity contribution >= 4 is 29.2 Å². The van der Waals surface area contributed by atoms with Crippen LogP contribution in [-0.4, -0.2) is 45.3 Å². The van der Waals surface area contributed by atoms with Crippen LogP contribution in [0.3, 0.4) is 0 Å². The van der Waals surface area contributed by atoms with Crippen LogP contribution in [0.1, 0.15) is 84.3 Å². The van der Waals surface area contributed by atoms with E-state index in [1.54, 1.807) is 32.1 Å². The number of aryl methyl sites for hydroxylation is 1. The monoisotopic (exact) mass is 491 g/mol. The first-order chi connectivity index (χ1) is 15.8. The van der Waals surface area contributed by atoms with Gasteiger partial charge in [0.2, 0.25) is 0 Å². The van der Waals surface area contributed by atoms with Gasteiger partial charge >= 0.3 is 5.97 Å². The number of Topliss-reactive ketones (excluding diaryl/α,β-unsaturated/α-hetero) is 1. The lowest BCUT2D eigenvalue weighted by molar-refractivity contribution is -0.154. The molecule has 190 valence electrons. The van der Waals surface area contributed by atoms with Crippen LogP contribution in [0.5, 0.6) is 0 Å². The molecule has 0 spiro atoms. The van der Waals surface area contributed by atoms with E-state index >= 15 is 0 Å². The van der Waals surface area contributed by atoms with Gasteiger partial charge in [-0.25, -0.2) is 4.98 Å². The first-order valence-corrected chi connectivity index (χ1v) is 13.1. The molecule has 5 atom stereocenters. The quantitative estimate of drug-likeness (QED) is 0.432. The van der Waals surface area contributed by atoms with Crippen molar-refractivity contribution in [2.45, 2.75) is 98.9 Å². The zero-order valence-electron chi connectivity index (χ0n) is 21.6.